The molecule has 2 fully saturated rings. The summed E-state index contributed by atoms with van der Waals surface area (Å²) in [6.07, 6.45) is 11.2. The van der Waals surface area contributed by atoms with Crippen molar-refractivity contribution in [1.82, 2.24) is 5.06 Å². The first kappa shape index (κ1) is 14.3. The summed E-state index contributed by atoms with van der Waals surface area (Å²) in [5.74, 6) is 0. The van der Waals surface area contributed by atoms with Crippen molar-refractivity contribution in [1.29, 1.82) is 0 Å². The zero-order chi connectivity index (χ0) is 13.2. The third kappa shape index (κ3) is 2.33. The third-order valence-electron chi connectivity index (χ3n) is 5.34. The summed E-state index contributed by atoms with van der Waals surface area (Å²) in [5.41, 5.74) is 6.27. The second-order valence-corrected chi connectivity index (χ2v) is 6.59. The predicted molar refractivity (Wildman–Crippen MR) is 74.6 cm³/mol. The molecule has 0 aromatic heterocycles. The van der Waals surface area contributed by atoms with E-state index in [4.69, 9.17) is 5.73 Å². The van der Waals surface area contributed by atoms with E-state index in [1.54, 1.807) is 5.06 Å². The van der Waals surface area contributed by atoms with Crippen LogP contribution in [0.5, 0.6) is 0 Å². The molecule has 1 saturated carbocycles. The van der Waals surface area contributed by atoms with Gasteiger partial charge in [-0.05, 0) is 38.5 Å². The van der Waals surface area contributed by atoms with Crippen molar-refractivity contribution in [3.05, 3.63) is 0 Å². The highest BCUT2D eigenvalue weighted by molar-refractivity contribution is 5.05. The Morgan fingerprint density at radius 3 is 2.39 bits per heavy atom. The summed E-state index contributed by atoms with van der Waals surface area (Å²) in [7, 11) is 0. The van der Waals surface area contributed by atoms with Crippen molar-refractivity contribution in [2.24, 2.45) is 5.73 Å². The fourth-order valence-corrected chi connectivity index (χ4v) is 4.49. The fraction of sp³-hybridized carbons (Fsp3) is 1.00. The van der Waals surface area contributed by atoms with Gasteiger partial charge in [-0.1, -0.05) is 39.5 Å². The second-order valence-electron chi connectivity index (χ2n) is 6.59. The van der Waals surface area contributed by atoms with E-state index in [-0.39, 0.29) is 17.1 Å². The molecule has 1 aliphatic heterocycles. The number of piperidine rings is 1. The van der Waals surface area contributed by atoms with E-state index < -0.39 is 0 Å². The summed E-state index contributed by atoms with van der Waals surface area (Å²) in [6.45, 7) is 4.41. The lowest BCUT2D eigenvalue weighted by Gasteiger charge is -2.57. The fourth-order valence-electron chi connectivity index (χ4n) is 4.49. The van der Waals surface area contributed by atoms with Gasteiger partial charge in [0.2, 0.25) is 0 Å². The van der Waals surface area contributed by atoms with Gasteiger partial charge in [0.25, 0.3) is 0 Å². The van der Waals surface area contributed by atoms with E-state index in [9.17, 15) is 5.21 Å². The molecule has 1 spiro atoms. The van der Waals surface area contributed by atoms with E-state index in [1.165, 1.54) is 19.3 Å². The molecule has 18 heavy (non-hydrogen) atoms. The van der Waals surface area contributed by atoms with Crippen LogP contribution in [0.25, 0.3) is 0 Å². The Bertz CT molecular complexity index is 262. The van der Waals surface area contributed by atoms with Crippen LogP contribution >= 0.6 is 0 Å². The van der Waals surface area contributed by atoms with Crippen LogP contribution in [-0.2, 0) is 0 Å². The summed E-state index contributed by atoms with van der Waals surface area (Å²) in [5, 5.41) is 12.7. The highest BCUT2D eigenvalue weighted by Crippen LogP contribution is 2.47. The predicted octanol–water partition coefficient (Wildman–Crippen LogP) is 3.45. The molecule has 3 nitrogen and oxygen atoms in total. The Labute approximate surface area is 112 Å². The van der Waals surface area contributed by atoms with Crippen LogP contribution in [0.2, 0.25) is 0 Å². The van der Waals surface area contributed by atoms with Crippen molar-refractivity contribution < 1.29 is 5.21 Å². The van der Waals surface area contributed by atoms with Crippen molar-refractivity contribution >= 4 is 0 Å². The van der Waals surface area contributed by atoms with Gasteiger partial charge in [0, 0.05) is 17.1 Å². The molecule has 106 valence electrons. The second kappa shape index (κ2) is 5.48. The lowest BCUT2D eigenvalue weighted by molar-refractivity contribution is -0.275. The largest absolute Gasteiger partial charge is 0.328 e. The SMILES string of the molecule is CCCC1(CC)CC(N)CC2(CCCCC2)N1O. The number of nitrogens with zero attached hydrogens (tertiary/aromatic N) is 1. The number of nitrogens with two attached hydrogens (primary N) is 1. The summed E-state index contributed by atoms with van der Waals surface area (Å²) in [6, 6.07) is 0.262. The minimum atomic E-state index is -0.0657. The molecule has 0 bridgehead atoms. The van der Waals surface area contributed by atoms with E-state index in [1.807, 2.05) is 0 Å². The molecule has 3 heteroatoms. The van der Waals surface area contributed by atoms with Crippen LogP contribution < -0.4 is 5.73 Å². The number of hydrogen-bond acceptors (Lipinski definition) is 3. The first-order valence-electron chi connectivity index (χ1n) is 7.83. The zero-order valence-corrected chi connectivity index (χ0v) is 12.1. The van der Waals surface area contributed by atoms with Gasteiger partial charge < -0.3 is 10.9 Å². The van der Waals surface area contributed by atoms with Gasteiger partial charge in [0.15, 0.2) is 0 Å². The van der Waals surface area contributed by atoms with Crippen molar-refractivity contribution in [2.45, 2.75) is 95.2 Å². The molecule has 2 rings (SSSR count). The summed E-state index contributed by atoms with van der Waals surface area (Å²) >= 11 is 0. The molecular weight excluding hydrogens is 224 g/mol. The molecule has 3 N–H and O–H groups in total. The van der Waals surface area contributed by atoms with Crippen LogP contribution in [0.4, 0.5) is 0 Å². The molecule has 0 radical (unpaired) electrons. The monoisotopic (exact) mass is 254 g/mol. The Morgan fingerprint density at radius 2 is 1.83 bits per heavy atom. The molecule has 0 amide bonds. The van der Waals surface area contributed by atoms with Crippen molar-refractivity contribution in [3.8, 4) is 0 Å². The van der Waals surface area contributed by atoms with Gasteiger partial charge >= 0.3 is 0 Å². The van der Waals surface area contributed by atoms with E-state index in [0.29, 0.717) is 0 Å². The normalized spacial score (nSPS) is 37.0. The van der Waals surface area contributed by atoms with Gasteiger partial charge in [-0.25, -0.2) is 0 Å². The highest BCUT2D eigenvalue weighted by Gasteiger charge is 2.52. The van der Waals surface area contributed by atoms with Crippen LogP contribution in [-0.4, -0.2) is 27.4 Å². The van der Waals surface area contributed by atoms with Crippen LogP contribution in [0.15, 0.2) is 0 Å². The van der Waals surface area contributed by atoms with Crippen LogP contribution in [0.1, 0.15) is 78.1 Å². The first-order valence-corrected chi connectivity index (χ1v) is 7.83. The molecule has 2 atom stereocenters. The van der Waals surface area contributed by atoms with E-state index in [0.717, 1.165) is 44.9 Å². The molecule has 1 saturated heterocycles. The van der Waals surface area contributed by atoms with E-state index in [2.05, 4.69) is 13.8 Å². The van der Waals surface area contributed by atoms with Gasteiger partial charge in [-0.3, -0.25) is 0 Å². The number of rotatable bonds is 3. The van der Waals surface area contributed by atoms with Crippen molar-refractivity contribution in [3.63, 3.8) is 0 Å². The summed E-state index contributed by atoms with van der Waals surface area (Å²) < 4.78 is 0. The van der Waals surface area contributed by atoms with Crippen LogP contribution in [0.3, 0.4) is 0 Å². The molecule has 0 aromatic carbocycles. The lowest BCUT2D eigenvalue weighted by Crippen LogP contribution is -2.66. The third-order valence-corrected chi connectivity index (χ3v) is 5.34. The molecule has 1 aliphatic carbocycles. The minimum absolute atomic E-state index is 0.0128. The molecule has 1 heterocycles. The minimum Gasteiger partial charge on any atom is -0.328 e. The zero-order valence-electron chi connectivity index (χ0n) is 12.1. The Hall–Kier alpha value is -0.120. The van der Waals surface area contributed by atoms with Gasteiger partial charge in [-0.15, -0.1) is 0 Å². The standard InChI is InChI=1S/C15H30N2O/c1-3-8-14(4-2)11-13(16)12-15(17(14)18)9-6-5-7-10-15/h13,18H,3-12,16H2,1-2H3. The van der Waals surface area contributed by atoms with Crippen LogP contribution in [0, 0.1) is 0 Å². The maximum absolute atomic E-state index is 10.9. The van der Waals surface area contributed by atoms with Gasteiger partial charge in [0.1, 0.15) is 0 Å². The van der Waals surface area contributed by atoms with Crippen molar-refractivity contribution in [2.75, 3.05) is 0 Å². The maximum atomic E-state index is 10.9. The van der Waals surface area contributed by atoms with Gasteiger partial charge in [-0.2, -0.15) is 5.06 Å². The molecular formula is C15H30N2O. The average Bonchev–Trinajstić information content (AvgIpc) is 2.37. The average molecular weight is 254 g/mol. The number of hydroxylamine groups is 2. The lowest BCUT2D eigenvalue weighted by atomic mass is 9.67. The number of hydrogen-bond donors (Lipinski definition) is 2. The molecule has 2 unspecified atom stereocenters. The highest BCUT2D eigenvalue weighted by atomic mass is 16.5. The maximum Gasteiger partial charge on any atom is 0.0481 e. The first-order chi connectivity index (χ1) is 8.58. The molecule has 0 aromatic rings. The van der Waals surface area contributed by atoms with E-state index >= 15 is 0 Å². The smallest absolute Gasteiger partial charge is 0.0481 e. The quantitative estimate of drug-likeness (QED) is 0.811. The van der Waals surface area contributed by atoms with Gasteiger partial charge in [0.05, 0.1) is 0 Å². The Kier molecular flexibility index (Phi) is 4.35. The topological polar surface area (TPSA) is 49.5 Å². The molecule has 2 aliphatic rings. The Morgan fingerprint density at radius 1 is 1.17 bits per heavy atom. The Balaban J connectivity index is 2.26. The summed E-state index contributed by atoms with van der Waals surface area (Å²) in [4.78, 5) is 0.